The normalized spacial score (nSPS) is 11.8. The molecule has 1 heterocycles. The summed E-state index contributed by atoms with van der Waals surface area (Å²) in [4.78, 5) is 12.4. The Kier molecular flexibility index (Phi) is 6.94. The molecule has 0 aliphatic heterocycles. The van der Waals surface area contributed by atoms with E-state index in [4.69, 9.17) is 4.74 Å². The summed E-state index contributed by atoms with van der Waals surface area (Å²) < 4.78 is 32.2. The van der Waals surface area contributed by atoms with Crippen LogP contribution in [0.4, 0.5) is 13.9 Å². The first-order chi connectivity index (χ1) is 13.5. The zero-order chi connectivity index (χ0) is 19.9. The fourth-order valence-electron chi connectivity index (χ4n) is 2.23. The Bertz CT molecular complexity index is 918. The molecule has 0 saturated heterocycles. The number of ether oxygens (including phenoxy) is 1. The van der Waals surface area contributed by atoms with Crippen molar-refractivity contribution in [2.24, 2.45) is 0 Å². The monoisotopic (exact) mass is 421 g/mol. The molecule has 3 aromatic rings. The van der Waals surface area contributed by atoms with Gasteiger partial charge in [0.2, 0.25) is 5.13 Å². The second-order valence-electron chi connectivity index (χ2n) is 5.75. The summed E-state index contributed by atoms with van der Waals surface area (Å²) in [6.07, 6.45) is -0.293. The average molecular weight is 421 g/mol. The molecule has 3 rings (SSSR count). The van der Waals surface area contributed by atoms with Crippen LogP contribution in [0.25, 0.3) is 0 Å². The Morgan fingerprint density at radius 1 is 1.11 bits per heavy atom. The highest BCUT2D eigenvalue weighted by Gasteiger charge is 2.20. The van der Waals surface area contributed by atoms with Crippen molar-refractivity contribution in [1.82, 2.24) is 10.2 Å². The van der Waals surface area contributed by atoms with Crippen molar-refractivity contribution in [2.45, 2.75) is 29.5 Å². The first kappa shape index (κ1) is 20.2. The molecule has 5 nitrogen and oxygen atoms in total. The maximum absolute atomic E-state index is 13.0. The number of anilines is 1. The van der Waals surface area contributed by atoms with Crippen LogP contribution in [0.3, 0.4) is 0 Å². The molecule has 1 N–H and O–H groups in total. The van der Waals surface area contributed by atoms with Crippen LogP contribution >= 0.6 is 23.1 Å². The minimum atomic E-state index is -0.732. The van der Waals surface area contributed by atoms with Gasteiger partial charge in [0.05, 0.1) is 0 Å². The second-order valence-corrected chi connectivity index (χ2v) is 7.95. The van der Waals surface area contributed by atoms with Gasteiger partial charge in [-0.25, -0.2) is 8.78 Å². The lowest BCUT2D eigenvalue weighted by Gasteiger charge is -2.16. The molecule has 0 spiro atoms. The van der Waals surface area contributed by atoms with Crippen molar-refractivity contribution in [2.75, 3.05) is 5.32 Å². The van der Waals surface area contributed by atoms with E-state index in [0.717, 1.165) is 5.56 Å². The van der Waals surface area contributed by atoms with Crippen LogP contribution in [0, 0.1) is 11.6 Å². The van der Waals surface area contributed by atoms with Gasteiger partial charge < -0.3 is 4.74 Å². The molecule has 1 amide bonds. The van der Waals surface area contributed by atoms with Crippen LogP contribution < -0.4 is 10.1 Å². The molecule has 1 atom stereocenters. The molecule has 2 aromatic carbocycles. The van der Waals surface area contributed by atoms with Crippen LogP contribution in [0.5, 0.6) is 5.75 Å². The third-order valence-corrected chi connectivity index (χ3v) is 5.71. The number of carbonyl (C=O) groups is 1. The largest absolute Gasteiger partial charge is 0.481 e. The Balaban J connectivity index is 1.54. The average Bonchev–Trinajstić information content (AvgIpc) is 3.14. The first-order valence-corrected chi connectivity index (χ1v) is 10.3. The van der Waals surface area contributed by atoms with Crippen molar-refractivity contribution in [3.05, 3.63) is 65.7 Å². The molecule has 0 aliphatic carbocycles. The predicted octanol–water partition coefficient (Wildman–Crippen LogP) is 4.90. The lowest BCUT2D eigenvalue weighted by atomic mass is 10.2. The van der Waals surface area contributed by atoms with Crippen molar-refractivity contribution in [1.29, 1.82) is 0 Å². The quantitative estimate of drug-likeness (QED) is 0.414. The van der Waals surface area contributed by atoms with E-state index >= 15 is 0 Å². The van der Waals surface area contributed by atoms with E-state index in [1.54, 1.807) is 12.1 Å². The van der Waals surface area contributed by atoms with E-state index in [9.17, 15) is 13.6 Å². The minimum Gasteiger partial charge on any atom is -0.481 e. The van der Waals surface area contributed by atoms with Gasteiger partial charge in [-0.2, -0.15) is 0 Å². The van der Waals surface area contributed by atoms with Gasteiger partial charge in [0.25, 0.3) is 5.91 Å². The van der Waals surface area contributed by atoms with E-state index in [0.29, 0.717) is 27.4 Å². The zero-order valence-electron chi connectivity index (χ0n) is 14.9. The van der Waals surface area contributed by atoms with E-state index in [1.165, 1.54) is 59.5 Å². The number of carbonyl (C=O) groups excluding carboxylic acids is 1. The van der Waals surface area contributed by atoms with Gasteiger partial charge in [-0.3, -0.25) is 10.1 Å². The number of nitrogens with one attached hydrogen (secondary N) is 1. The van der Waals surface area contributed by atoms with Crippen molar-refractivity contribution >= 4 is 34.1 Å². The minimum absolute atomic E-state index is 0.275. The Morgan fingerprint density at radius 3 is 2.39 bits per heavy atom. The molecule has 1 aromatic heterocycles. The van der Waals surface area contributed by atoms with Crippen LogP contribution in [0.15, 0.2) is 52.9 Å². The third kappa shape index (κ3) is 5.74. The maximum Gasteiger partial charge on any atom is 0.267 e. The van der Waals surface area contributed by atoms with Crippen molar-refractivity contribution in [3.63, 3.8) is 0 Å². The number of thioether (sulfide) groups is 1. The molecule has 0 aliphatic rings. The molecule has 0 radical (unpaired) electrons. The van der Waals surface area contributed by atoms with Crippen LogP contribution in [-0.4, -0.2) is 22.2 Å². The Hall–Kier alpha value is -2.52. The third-order valence-electron chi connectivity index (χ3n) is 3.67. The zero-order valence-corrected chi connectivity index (χ0v) is 16.5. The summed E-state index contributed by atoms with van der Waals surface area (Å²) in [5, 5.41) is 11.1. The molecule has 146 valence electrons. The van der Waals surface area contributed by atoms with Gasteiger partial charge in [0.15, 0.2) is 10.4 Å². The molecule has 0 saturated carbocycles. The van der Waals surface area contributed by atoms with Crippen LogP contribution in [-0.2, 0) is 10.5 Å². The number of benzene rings is 2. The highest BCUT2D eigenvalue weighted by Crippen LogP contribution is 2.28. The lowest BCUT2D eigenvalue weighted by Crippen LogP contribution is -2.32. The number of halogens is 2. The summed E-state index contributed by atoms with van der Waals surface area (Å²) in [7, 11) is 0. The number of aromatic nitrogens is 2. The standard InChI is InChI=1S/C19H17F2N3O2S2/c1-2-16(26-15-9-7-14(21)8-10-15)17(25)22-18-23-24-19(28-18)27-11-12-3-5-13(20)6-4-12/h3-10,16H,2,11H2,1H3,(H,22,23,25)/t16-/m1/s1. The summed E-state index contributed by atoms with van der Waals surface area (Å²) in [5.74, 6) is 0.0374. The van der Waals surface area contributed by atoms with Crippen molar-refractivity contribution in [3.8, 4) is 5.75 Å². The van der Waals surface area contributed by atoms with Crippen molar-refractivity contribution < 1.29 is 18.3 Å². The summed E-state index contributed by atoms with van der Waals surface area (Å²) in [6.45, 7) is 1.82. The Labute approximate surface area is 169 Å². The highest BCUT2D eigenvalue weighted by atomic mass is 32.2. The maximum atomic E-state index is 13.0. The van der Waals surface area contributed by atoms with Gasteiger partial charge in [0, 0.05) is 5.75 Å². The summed E-state index contributed by atoms with van der Waals surface area (Å²) >= 11 is 2.70. The summed E-state index contributed by atoms with van der Waals surface area (Å²) in [5.41, 5.74) is 0.964. The number of nitrogens with zero attached hydrogens (tertiary/aromatic N) is 2. The van der Waals surface area contributed by atoms with Gasteiger partial charge >= 0.3 is 0 Å². The number of amides is 1. The fraction of sp³-hybridized carbons (Fsp3) is 0.211. The predicted molar refractivity (Wildman–Crippen MR) is 106 cm³/mol. The van der Waals surface area contributed by atoms with Crippen LogP contribution in [0.1, 0.15) is 18.9 Å². The SMILES string of the molecule is CC[C@@H](Oc1ccc(F)cc1)C(=O)Nc1nnc(SCc2ccc(F)cc2)s1. The number of hydrogen-bond acceptors (Lipinski definition) is 6. The van der Waals surface area contributed by atoms with Gasteiger partial charge in [-0.05, 0) is 48.4 Å². The van der Waals surface area contributed by atoms with E-state index in [-0.39, 0.29) is 17.5 Å². The molecular formula is C19H17F2N3O2S2. The highest BCUT2D eigenvalue weighted by molar-refractivity contribution is 8.00. The smallest absolute Gasteiger partial charge is 0.267 e. The molecule has 9 heteroatoms. The summed E-state index contributed by atoms with van der Waals surface area (Å²) in [6, 6.07) is 11.7. The molecule has 28 heavy (non-hydrogen) atoms. The first-order valence-electron chi connectivity index (χ1n) is 8.47. The molecule has 0 bridgehead atoms. The topological polar surface area (TPSA) is 64.1 Å². The lowest BCUT2D eigenvalue weighted by molar-refractivity contribution is -0.122. The molecular weight excluding hydrogens is 404 g/mol. The fourth-order valence-corrected chi connectivity index (χ4v) is 3.94. The Morgan fingerprint density at radius 2 is 1.75 bits per heavy atom. The van der Waals surface area contributed by atoms with Gasteiger partial charge in [-0.15, -0.1) is 10.2 Å². The van der Waals surface area contributed by atoms with Gasteiger partial charge in [0.1, 0.15) is 17.4 Å². The number of hydrogen-bond donors (Lipinski definition) is 1. The van der Waals surface area contributed by atoms with Crippen LogP contribution in [0.2, 0.25) is 0 Å². The van der Waals surface area contributed by atoms with E-state index in [2.05, 4.69) is 15.5 Å². The molecule has 0 unspecified atom stereocenters. The van der Waals surface area contributed by atoms with Gasteiger partial charge in [-0.1, -0.05) is 42.2 Å². The molecule has 0 fully saturated rings. The van der Waals surface area contributed by atoms with E-state index < -0.39 is 6.10 Å². The number of rotatable bonds is 8. The van der Waals surface area contributed by atoms with E-state index in [1.807, 2.05) is 6.92 Å². The second kappa shape index (κ2) is 9.61.